The molecule has 4 aliphatic rings. The van der Waals surface area contributed by atoms with Crippen LogP contribution in [-0.2, 0) is 0 Å². The van der Waals surface area contributed by atoms with E-state index in [1.807, 2.05) is 5.57 Å². The highest BCUT2D eigenvalue weighted by Crippen LogP contribution is 2.66. The van der Waals surface area contributed by atoms with Gasteiger partial charge in [-0.05, 0) is 100.0 Å². The summed E-state index contributed by atoms with van der Waals surface area (Å²) in [7, 11) is 4.55. The van der Waals surface area contributed by atoms with Gasteiger partial charge in [0.2, 0.25) is 0 Å². The van der Waals surface area contributed by atoms with Gasteiger partial charge in [0.1, 0.15) is 0 Å². The molecule has 4 rings (SSSR count). The van der Waals surface area contributed by atoms with Crippen LogP contribution >= 0.6 is 0 Å². The van der Waals surface area contributed by atoms with Crippen LogP contribution in [0.5, 0.6) is 0 Å². The standard InChI is InChI=1S/C23H39N/c1-6-16-8-10-20-19-9-7-17-15-18(24(4)5)11-13-23(17,3)21(19)12-14-22(16,20)2/h7,16,18-21H,6,8-15H2,1-5H3/t16-,18?,19-,20-,21-,22+,23-/m0/s1. The molecule has 0 aromatic carbocycles. The quantitative estimate of drug-likeness (QED) is 0.570. The first-order chi connectivity index (χ1) is 11.4. The number of hydrogen-bond donors (Lipinski definition) is 0. The second-order valence-electron chi connectivity index (χ2n) is 10.3. The Morgan fingerprint density at radius 2 is 1.83 bits per heavy atom. The molecular formula is C23H39N. The molecule has 0 radical (unpaired) electrons. The fraction of sp³-hybridized carbons (Fsp3) is 0.913. The SMILES string of the molecule is CC[C@H]1CC[C@H]2[C@@H]3CC=C4CC(N(C)C)CC[C@]4(C)[C@H]3CC[C@]12C. The Morgan fingerprint density at radius 3 is 2.54 bits per heavy atom. The highest BCUT2D eigenvalue weighted by molar-refractivity contribution is 5.25. The maximum Gasteiger partial charge on any atom is 0.0127 e. The van der Waals surface area contributed by atoms with Gasteiger partial charge in [0.05, 0.1) is 0 Å². The van der Waals surface area contributed by atoms with Crippen LogP contribution in [0.15, 0.2) is 11.6 Å². The first-order valence-corrected chi connectivity index (χ1v) is 10.8. The van der Waals surface area contributed by atoms with Crippen LogP contribution in [0.2, 0.25) is 0 Å². The summed E-state index contributed by atoms with van der Waals surface area (Å²) in [5.41, 5.74) is 3.03. The molecule has 0 aromatic heterocycles. The lowest BCUT2D eigenvalue weighted by Crippen LogP contribution is -2.51. The summed E-state index contributed by atoms with van der Waals surface area (Å²) < 4.78 is 0. The lowest BCUT2D eigenvalue weighted by atomic mass is 9.47. The smallest absolute Gasteiger partial charge is 0.0127 e. The summed E-state index contributed by atoms with van der Waals surface area (Å²) >= 11 is 0. The Kier molecular flexibility index (Phi) is 4.18. The summed E-state index contributed by atoms with van der Waals surface area (Å²) in [5, 5.41) is 0. The highest BCUT2D eigenvalue weighted by Gasteiger charge is 2.58. The molecular weight excluding hydrogens is 290 g/mol. The average Bonchev–Trinajstić information content (AvgIpc) is 2.90. The van der Waals surface area contributed by atoms with Crippen molar-refractivity contribution in [2.24, 2.45) is 34.5 Å². The van der Waals surface area contributed by atoms with E-state index in [4.69, 9.17) is 0 Å². The zero-order chi connectivity index (χ0) is 17.1. The molecule has 0 heterocycles. The molecule has 1 nitrogen and oxygen atoms in total. The minimum Gasteiger partial charge on any atom is -0.306 e. The van der Waals surface area contributed by atoms with E-state index >= 15 is 0 Å². The second-order valence-corrected chi connectivity index (χ2v) is 10.3. The van der Waals surface area contributed by atoms with E-state index in [-0.39, 0.29) is 0 Å². The Morgan fingerprint density at radius 1 is 1.04 bits per heavy atom. The zero-order valence-electron chi connectivity index (χ0n) is 16.8. The Hall–Kier alpha value is -0.300. The van der Waals surface area contributed by atoms with E-state index in [0.717, 1.165) is 29.7 Å². The molecule has 4 aliphatic carbocycles. The summed E-state index contributed by atoms with van der Waals surface area (Å²) in [5.74, 6) is 3.99. The lowest BCUT2D eigenvalue weighted by Gasteiger charge is -2.58. The van der Waals surface area contributed by atoms with Crippen LogP contribution in [0.4, 0.5) is 0 Å². The van der Waals surface area contributed by atoms with Gasteiger partial charge < -0.3 is 4.90 Å². The summed E-state index contributed by atoms with van der Waals surface area (Å²) in [4.78, 5) is 2.47. The molecule has 0 spiro atoms. The molecule has 1 heteroatoms. The van der Waals surface area contributed by atoms with E-state index in [1.54, 1.807) is 0 Å². The third kappa shape index (κ3) is 2.29. The van der Waals surface area contributed by atoms with Crippen LogP contribution in [0.25, 0.3) is 0 Å². The van der Waals surface area contributed by atoms with Crippen molar-refractivity contribution in [2.45, 2.75) is 84.6 Å². The van der Waals surface area contributed by atoms with Crippen LogP contribution in [0.1, 0.15) is 78.6 Å². The Balaban J connectivity index is 1.61. The summed E-state index contributed by atoms with van der Waals surface area (Å²) in [6.45, 7) is 7.75. The maximum absolute atomic E-state index is 2.72. The van der Waals surface area contributed by atoms with Gasteiger partial charge in [0.15, 0.2) is 0 Å². The van der Waals surface area contributed by atoms with Crippen LogP contribution in [-0.4, -0.2) is 25.0 Å². The predicted octanol–water partition coefficient (Wildman–Crippen LogP) is 5.91. The minimum absolute atomic E-state index is 0.529. The molecule has 0 N–H and O–H groups in total. The van der Waals surface area contributed by atoms with Gasteiger partial charge in [-0.1, -0.05) is 38.8 Å². The molecule has 1 unspecified atom stereocenters. The molecule has 0 bridgehead atoms. The fourth-order valence-electron chi connectivity index (χ4n) is 7.86. The summed E-state index contributed by atoms with van der Waals surface area (Å²) in [6.07, 6.45) is 15.8. The monoisotopic (exact) mass is 329 g/mol. The first kappa shape index (κ1) is 17.1. The third-order valence-corrected chi connectivity index (χ3v) is 9.50. The van der Waals surface area contributed by atoms with Gasteiger partial charge in [-0.2, -0.15) is 0 Å². The van der Waals surface area contributed by atoms with Crippen molar-refractivity contribution in [1.29, 1.82) is 0 Å². The fourth-order valence-corrected chi connectivity index (χ4v) is 7.86. The average molecular weight is 330 g/mol. The number of nitrogens with zero attached hydrogens (tertiary/aromatic N) is 1. The van der Waals surface area contributed by atoms with Crippen molar-refractivity contribution in [1.82, 2.24) is 4.90 Å². The molecule has 0 aromatic rings. The van der Waals surface area contributed by atoms with Crippen molar-refractivity contribution in [2.75, 3.05) is 14.1 Å². The second kappa shape index (κ2) is 5.86. The van der Waals surface area contributed by atoms with E-state index in [1.165, 1.54) is 57.8 Å². The maximum atomic E-state index is 2.72. The third-order valence-electron chi connectivity index (χ3n) is 9.50. The largest absolute Gasteiger partial charge is 0.306 e. The molecule has 0 saturated heterocycles. The van der Waals surface area contributed by atoms with Gasteiger partial charge in [0, 0.05) is 6.04 Å². The normalized spacial score (nSPS) is 50.9. The van der Waals surface area contributed by atoms with Crippen molar-refractivity contribution in [3.8, 4) is 0 Å². The van der Waals surface area contributed by atoms with Gasteiger partial charge in [-0.3, -0.25) is 0 Å². The Bertz CT molecular complexity index is 520. The molecule has 0 amide bonds. The molecule has 0 aliphatic heterocycles. The van der Waals surface area contributed by atoms with E-state index < -0.39 is 0 Å². The van der Waals surface area contributed by atoms with Gasteiger partial charge in [0.25, 0.3) is 0 Å². The molecule has 3 fully saturated rings. The first-order valence-electron chi connectivity index (χ1n) is 10.8. The Labute approximate surface area is 150 Å². The highest BCUT2D eigenvalue weighted by atomic mass is 15.1. The van der Waals surface area contributed by atoms with Crippen LogP contribution in [0.3, 0.4) is 0 Å². The van der Waals surface area contributed by atoms with E-state index in [0.29, 0.717) is 10.8 Å². The molecule has 24 heavy (non-hydrogen) atoms. The van der Waals surface area contributed by atoms with E-state index in [9.17, 15) is 0 Å². The molecule has 7 atom stereocenters. The van der Waals surface area contributed by atoms with Gasteiger partial charge in [-0.15, -0.1) is 0 Å². The summed E-state index contributed by atoms with van der Waals surface area (Å²) in [6, 6.07) is 0.783. The minimum atomic E-state index is 0.529. The number of hydrogen-bond acceptors (Lipinski definition) is 1. The zero-order valence-corrected chi connectivity index (χ0v) is 16.8. The lowest BCUT2D eigenvalue weighted by molar-refractivity contribution is -0.0456. The number of fused-ring (bicyclic) bond motifs is 5. The van der Waals surface area contributed by atoms with Gasteiger partial charge in [-0.25, -0.2) is 0 Å². The van der Waals surface area contributed by atoms with Crippen molar-refractivity contribution in [3.63, 3.8) is 0 Å². The predicted molar refractivity (Wildman–Crippen MR) is 103 cm³/mol. The van der Waals surface area contributed by atoms with Crippen molar-refractivity contribution < 1.29 is 0 Å². The van der Waals surface area contributed by atoms with Crippen LogP contribution < -0.4 is 0 Å². The number of rotatable bonds is 2. The van der Waals surface area contributed by atoms with E-state index in [2.05, 4.69) is 45.8 Å². The van der Waals surface area contributed by atoms with Crippen molar-refractivity contribution in [3.05, 3.63) is 11.6 Å². The molecule has 3 saturated carbocycles. The van der Waals surface area contributed by atoms with Crippen LogP contribution in [0, 0.1) is 34.5 Å². The number of allylic oxidation sites excluding steroid dienone is 1. The van der Waals surface area contributed by atoms with Crippen molar-refractivity contribution >= 4 is 0 Å². The molecule has 136 valence electrons. The van der Waals surface area contributed by atoms with Gasteiger partial charge >= 0.3 is 0 Å². The topological polar surface area (TPSA) is 3.24 Å².